The first-order valence-corrected chi connectivity index (χ1v) is 11.0. The second-order valence-corrected chi connectivity index (χ2v) is 8.88. The van der Waals surface area contributed by atoms with Gasteiger partial charge in [0.25, 0.3) is 10.0 Å². The Bertz CT molecular complexity index is 1200. The van der Waals surface area contributed by atoms with Crippen molar-refractivity contribution < 1.29 is 13.2 Å². The molecule has 30 heavy (non-hydrogen) atoms. The van der Waals surface area contributed by atoms with Crippen LogP contribution in [0.4, 0.5) is 11.4 Å². The molecule has 5 nitrogen and oxygen atoms in total. The number of rotatable bonds is 6. The maximum atomic E-state index is 12.5. The van der Waals surface area contributed by atoms with Gasteiger partial charge in [0, 0.05) is 11.8 Å². The Hall–Kier alpha value is -3.09. The molecular formula is C23H21ClN2O3S. The Kier molecular flexibility index (Phi) is 6.59. The lowest BCUT2D eigenvalue weighted by atomic mass is 10.1. The van der Waals surface area contributed by atoms with Crippen LogP contribution in [0, 0.1) is 13.8 Å². The Morgan fingerprint density at radius 2 is 1.63 bits per heavy atom. The van der Waals surface area contributed by atoms with Crippen molar-refractivity contribution in [1.29, 1.82) is 0 Å². The summed E-state index contributed by atoms with van der Waals surface area (Å²) in [5.74, 6) is -0.263. The van der Waals surface area contributed by atoms with Gasteiger partial charge in [-0.3, -0.25) is 9.52 Å². The van der Waals surface area contributed by atoms with Crippen molar-refractivity contribution in [3.05, 3.63) is 94.5 Å². The summed E-state index contributed by atoms with van der Waals surface area (Å²) in [6.07, 6.45) is 3.03. The van der Waals surface area contributed by atoms with Gasteiger partial charge in [-0.1, -0.05) is 48.0 Å². The van der Waals surface area contributed by atoms with E-state index in [9.17, 15) is 13.2 Å². The molecule has 0 saturated heterocycles. The van der Waals surface area contributed by atoms with Crippen LogP contribution >= 0.6 is 11.6 Å². The molecule has 3 aromatic rings. The lowest BCUT2D eigenvalue weighted by molar-refractivity contribution is -0.111. The van der Waals surface area contributed by atoms with Crippen molar-refractivity contribution in [3.63, 3.8) is 0 Å². The smallest absolute Gasteiger partial charge is 0.261 e. The fourth-order valence-electron chi connectivity index (χ4n) is 2.72. The first kappa shape index (κ1) is 21.6. The summed E-state index contributed by atoms with van der Waals surface area (Å²) in [5.41, 5.74) is 3.80. The van der Waals surface area contributed by atoms with E-state index in [1.165, 1.54) is 18.2 Å². The van der Waals surface area contributed by atoms with Gasteiger partial charge in [-0.15, -0.1) is 0 Å². The number of halogens is 1. The molecule has 2 N–H and O–H groups in total. The molecule has 0 unspecified atom stereocenters. The standard InChI is InChI=1S/C23H21ClN2O3S/c1-16-7-8-17(2)22(15-16)25-23(27)14-11-18-9-12-19(13-10-18)30(28,29)26-21-6-4-3-5-20(21)24/h3-15,26H,1-2H3,(H,25,27)/b14-11+. The molecule has 1 amide bonds. The first-order chi connectivity index (χ1) is 14.2. The average Bonchev–Trinajstić information content (AvgIpc) is 2.71. The summed E-state index contributed by atoms with van der Waals surface area (Å²) in [7, 11) is -3.77. The van der Waals surface area contributed by atoms with Crippen LogP contribution in [-0.2, 0) is 14.8 Å². The summed E-state index contributed by atoms with van der Waals surface area (Å²) < 4.78 is 27.6. The van der Waals surface area contributed by atoms with Crippen LogP contribution in [0.15, 0.2) is 77.7 Å². The fourth-order valence-corrected chi connectivity index (χ4v) is 4.04. The van der Waals surface area contributed by atoms with Crippen molar-refractivity contribution in [2.75, 3.05) is 10.0 Å². The number of benzene rings is 3. The van der Waals surface area contributed by atoms with Crippen molar-refractivity contribution in [1.82, 2.24) is 0 Å². The van der Waals surface area contributed by atoms with Crippen LogP contribution in [-0.4, -0.2) is 14.3 Å². The van der Waals surface area contributed by atoms with Crippen LogP contribution in [0.3, 0.4) is 0 Å². The maximum absolute atomic E-state index is 12.5. The normalized spacial score (nSPS) is 11.4. The number of para-hydroxylation sites is 1. The molecule has 0 saturated carbocycles. The van der Waals surface area contributed by atoms with Crippen LogP contribution in [0.25, 0.3) is 6.08 Å². The van der Waals surface area contributed by atoms with Gasteiger partial charge in [0.05, 0.1) is 15.6 Å². The SMILES string of the molecule is Cc1ccc(C)c(NC(=O)/C=C/c2ccc(S(=O)(=O)Nc3ccccc3Cl)cc2)c1. The number of hydrogen-bond donors (Lipinski definition) is 2. The molecule has 0 aliphatic rings. The molecule has 0 aliphatic carbocycles. The summed E-state index contributed by atoms with van der Waals surface area (Å²) in [5, 5.41) is 3.16. The number of anilines is 2. The van der Waals surface area contributed by atoms with Crippen molar-refractivity contribution >= 4 is 45.0 Å². The molecular weight excluding hydrogens is 420 g/mol. The Labute approximate surface area is 181 Å². The number of nitrogens with one attached hydrogen (secondary N) is 2. The highest BCUT2D eigenvalue weighted by Gasteiger charge is 2.15. The molecule has 7 heteroatoms. The number of aryl methyl sites for hydroxylation is 2. The van der Waals surface area contributed by atoms with Crippen molar-refractivity contribution in [2.24, 2.45) is 0 Å². The largest absolute Gasteiger partial charge is 0.322 e. The molecule has 0 aromatic heterocycles. The molecule has 0 bridgehead atoms. The van der Waals surface area contributed by atoms with E-state index in [0.29, 0.717) is 16.3 Å². The Morgan fingerprint density at radius 1 is 0.933 bits per heavy atom. The van der Waals surface area contributed by atoms with E-state index in [1.54, 1.807) is 42.5 Å². The van der Waals surface area contributed by atoms with E-state index in [0.717, 1.165) is 16.8 Å². The fraction of sp³-hybridized carbons (Fsp3) is 0.0870. The first-order valence-electron chi connectivity index (χ1n) is 9.18. The minimum atomic E-state index is -3.77. The topological polar surface area (TPSA) is 75.3 Å². The second kappa shape index (κ2) is 9.15. The van der Waals surface area contributed by atoms with Gasteiger partial charge in [0.2, 0.25) is 5.91 Å². The highest BCUT2D eigenvalue weighted by Crippen LogP contribution is 2.24. The van der Waals surface area contributed by atoms with Gasteiger partial charge in [-0.05, 0) is 66.9 Å². The summed E-state index contributed by atoms with van der Waals surface area (Å²) in [6.45, 7) is 3.88. The third-order valence-corrected chi connectivity index (χ3v) is 6.10. The van der Waals surface area contributed by atoms with Crippen LogP contribution in [0.5, 0.6) is 0 Å². The number of amides is 1. The molecule has 0 radical (unpaired) electrons. The third-order valence-electron chi connectivity index (χ3n) is 4.39. The minimum absolute atomic E-state index is 0.0967. The van der Waals surface area contributed by atoms with E-state index in [2.05, 4.69) is 10.0 Å². The molecule has 3 aromatic carbocycles. The number of carbonyl (C=O) groups is 1. The van der Waals surface area contributed by atoms with E-state index < -0.39 is 10.0 Å². The molecule has 0 aliphatic heterocycles. The minimum Gasteiger partial charge on any atom is -0.322 e. The van der Waals surface area contributed by atoms with Gasteiger partial charge in [-0.2, -0.15) is 0 Å². The Morgan fingerprint density at radius 3 is 2.33 bits per heavy atom. The zero-order valence-corrected chi connectivity index (χ0v) is 18.1. The molecule has 0 fully saturated rings. The maximum Gasteiger partial charge on any atom is 0.261 e. The Balaban J connectivity index is 1.68. The van der Waals surface area contributed by atoms with Crippen LogP contribution in [0.1, 0.15) is 16.7 Å². The van der Waals surface area contributed by atoms with Crippen molar-refractivity contribution in [2.45, 2.75) is 18.7 Å². The zero-order valence-electron chi connectivity index (χ0n) is 16.5. The molecule has 154 valence electrons. The molecule has 0 heterocycles. The van der Waals surface area contributed by atoms with E-state index >= 15 is 0 Å². The highest BCUT2D eigenvalue weighted by atomic mass is 35.5. The van der Waals surface area contributed by atoms with Gasteiger partial charge in [0.15, 0.2) is 0 Å². The predicted octanol–water partition coefficient (Wildman–Crippen LogP) is 5.41. The monoisotopic (exact) mass is 440 g/mol. The molecule has 3 rings (SSSR count). The van der Waals surface area contributed by atoms with E-state index in [1.807, 2.05) is 32.0 Å². The summed E-state index contributed by atoms with van der Waals surface area (Å²) >= 11 is 6.02. The van der Waals surface area contributed by atoms with Gasteiger partial charge in [-0.25, -0.2) is 8.42 Å². The number of carbonyl (C=O) groups excluding carboxylic acids is 1. The van der Waals surface area contributed by atoms with Crippen LogP contribution < -0.4 is 10.0 Å². The molecule has 0 spiro atoms. The summed E-state index contributed by atoms with van der Waals surface area (Å²) in [6, 6.07) is 18.7. The van der Waals surface area contributed by atoms with E-state index in [4.69, 9.17) is 11.6 Å². The van der Waals surface area contributed by atoms with Crippen LogP contribution in [0.2, 0.25) is 5.02 Å². The van der Waals surface area contributed by atoms with Gasteiger partial charge < -0.3 is 5.32 Å². The van der Waals surface area contributed by atoms with Gasteiger partial charge in [0.1, 0.15) is 0 Å². The average molecular weight is 441 g/mol. The van der Waals surface area contributed by atoms with Gasteiger partial charge >= 0.3 is 0 Å². The zero-order chi connectivity index (χ0) is 21.7. The highest BCUT2D eigenvalue weighted by molar-refractivity contribution is 7.92. The lowest BCUT2D eigenvalue weighted by Crippen LogP contribution is -2.13. The van der Waals surface area contributed by atoms with Crippen molar-refractivity contribution in [3.8, 4) is 0 Å². The lowest BCUT2D eigenvalue weighted by Gasteiger charge is -2.09. The third kappa shape index (κ3) is 5.49. The van der Waals surface area contributed by atoms with E-state index in [-0.39, 0.29) is 10.8 Å². The quantitative estimate of drug-likeness (QED) is 0.503. The predicted molar refractivity (Wildman–Crippen MR) is 122 cm³/mol. The number of sulfonamides is 1. The molecule has 0 atom stereocenters. The second-order valence-electron chi connectivity index (χ2n) is 6.80. The summed E-state index contributed by atoms with van der Waals surface area (Å²) in [4.78, 5) is 12.3. The number of hydrogen-bond acceptors (Lipinski definition) is 3.